The number of carbonyl (C=O) groups is 5. The van der Waals surface area contributed by atoms with Crippen LogP contribution in [0.2, 0.25) is 0 Å². The third-order valence-corrected chi connectivity index (χ3v) is 4.53. The van der Waals surface area contributed by atoms with Crippen molar-refractivity contribution in [2.24, 2.45) is 0 Å². The second-order valence-corrected chi connectivity index (χ2v) is 9.36. The fourth-order valence-electron chi connectivity index (χ4n) is 2.76. The molecule has 0 fully saturated rings. The molecule has 0 bridgehead atoms. The summed E-state index contributed by atoms with van der Waals surface area (Å²) in [5.41, 5.74) is 0. The van der Waals surface area contributed by atoms with E-state index in [2.05, 4.69) is 37.1 Å². The van der Waals surface area contributed by atoms with Crippen LogP contribution in [0.1, 0.15) is 59.3 Å². The van der Waals surface area contributed by atoms with E-state index in [1.54, 1.807) is 13.8 Å². The van der Waals surface area contributed by atoms with Gasteiger partial charge in [-0.1, -0.05) is 0 Å². The van der Waals surface area contributed by atoms with Gasteiger partial charge in [-0.2, -0.15) is 0 Å². The molecule has 190 valence electrons. The summed E-state index contributed by atoms with van der Waals surface area (Å²) < 4.78 is 6.02. The highest BCUT2D eigenvalue weighted by atomic mass is 16.5. The van der Waals surface area contributed by atoms with Crippen molar-refractivity contribution >= 4 is 29.7 Å². The van der Waals surface area contributed by atoms with Crippen LogP contribution in [0.15, 0.2) is 0 Å². The molecule has 2 atom stereocenters. The first-order valence-corrected chi connectivity index (χ1v) is 11.3. The van der Waals surface area contributed by atoms with Gasteiger partial charge in [-0.05, 0) is 40.0 Å². The Morgan fingerprint density at radius 2 is 1.48 bits per heavy atom. The van der Waals surface area contributed by atoms with Crippen LogP contribution in [0.5, 0.6) is 0 Å². The van der Waals surface area contributed by atoms with Gasteiger partial charge in [-0.25, -0.2) is 4.79 Å². The zero-order chi connectivity index (χ0) is 25.6. The summed E-state index contributed by atoms with van der Waals surface area (Å²) in [5, 5.41) is 16.1. The van der Waals surface area contributed by atoms with Crippen molar-refractivity contribution in [2.75, 3.05) is 34.2 Å². The molecule has 0 aliphatic heterocycles. The summed E-state index contributed by atoms with van der Waals surface area (Å²) in [7, 11) is 6.33. The number of carboxylic acids is 1. The lowest BCUT2D eigenvalue weighted by molar-refractivity contribution is -0.870. The van der Waals surface area contributed by atoms with Crippen LogP contribution >= 0.6 is 0 Å². The Labute approximate surface area is 196 Å². The van der Waals surface area contributed by atoms with Gasteiger partial charge in [0.2, 0.25) is 17.7 Å². The summed E-state index contributed by atoms with van der Waals surface area (Å²) in [6.07, 6.45) is 1.92. The smallest absolute Gasteiger partial charge is 0.330 e. The summed E-state index contributed by atoms with van der Waals surface area (Å²) in [6.45, 7) is 5.61. The minimum atomic E-state index is -1.12. The van der Waals surface area contributed by atoms with Gasteiger partial charge in [0, 0.05) is 19.4 Å². The largest absolute Gasteiger partial charge is 0.481 e. The number of esters is 1. The van der Waals surface area contributed by atoms with Crippen molar-refractivity contribution in [1.82, 2.24) is 16.0 Å². The number of ether oxygens (including phenoxy) is 1. The van der Waals surface area contributed by atoms with Crippen LogP contribution in [-0.4, -0.2) is 91.7 Å². The zero-order valence-corrected chi connectivity index (χ0v) is 20.7. The van der Waals surface area contributed by atoms with Gasteiger partial charge in [0.1, 0.15) is 12.1 Å². The first-order valence-electron chi connectivity index (χ1n) is 11.3. The molecule has 0 aromatic heterocycles. The molecular weight excluding hydrogens is 432 g/mol. The number of quaternary nitrogens is 1. The minimum Gasteiger partial charge on any atom is -0.481 e. The molecule has 0 aromatic carbocycles. The van der Waals surface area contributed by atoms with Crippen molar-refractivity contribution in [1.29, 1.82) is 0 Å². The molecule has 0 rings (SSSR count). The van der Waals surface area contributed by atoms with Crippen LogP contribution in [-0.2, 0) is 28.7 Å². The first kappa shape index (κ1) is 30.3. The topological polar surface area (TPSA) is 151 Å². The van der Waals surface area contributed by atoms with Crippen molar-refractivity contribution in [3.05, 3.63) is 0 Å². The normalized spacial score (nSPS) is 13.1. The number of aliphatic carboxylic acids is 1. The van der Waals surface area contributed by atoms with E-state index in [9.17, 15) is 24.0 Å². The molecule has 0 spiro atoms. The summed E-state index contributed by atoms with van der Waals surface area (Å²) in [6, 6.07) is -2.13. The summed E-state index contributed by atoms with van der Waals surface area (Å²) in [5.74, 6) is -3.31. The molecule has 0 aromatic rings. The van der Waals surface area contributed by atoms with Gasteiger partial charge in [0.25, 0.3) is 0 Å². The van der Waals surface area contributed by atoms with E-state index in [1.165, 1.54) is 6.92 Å². The average molecular weight is 474 g/mol. The van der Waals surface area contributed by atoms with Crippen molar-refractivity contribution < 1.29 is 38.3 Å². The first-order chi connectivity index (χ1) is 15.2. The summed E-state index contributed by atoms with van der Waals surface area (Å²) >= 11 is 0. The van der Waals surface area contributed by atoms with E-state index in [4.69, 9.17) is 9.84 Å². The standard InChI is InChI=1S/C22H40N4O7/c1-15(2)33-22(32)17(14-23-18(27)10-8-7-9-13-26(4,5)6)25-21(31)16(3)24-19(28)11-12-20(29)30/h15-17H,7-14H2,1-6H3,(H3-,23,24,25,27,28,29,30,31)/p+1/t16-,17+/m0/s1. The SMILES string of the molecule is CC(C)OC(=O)[C@@H](CNC(=O)CCCCC[N+](C)(C)C)NC(=O)[C@H](C)NC(=O)CCC(=O)O. The number of carboxylic acid groups (broad SMARTS) is 1. The molecule has 33 heavy (non-hydrogen) atoms. The quantitative estimate of drug-likeness (QED) is 0.142. The number of carbonyl (C=O) groups excluding carboxylic acids is 4. The molecule has 4 N–H and O–H groups in total. The zero-order valence-electron chi connectivity index (χ0n) is 20.7. The number of nitrogens with one attached hydrogen (secondary N) is 3. The van der Waals surface area contributed by atoms with Crippen LogP contribution in [0.3, 0.4) is 0 Å². The fraction of sp³-hybridized carbons (Fsp3) is 0.773. The van der Waals surface area contributed by atoms with Crippen molar-refractivity contribution in [2.45, 2.75) is 77.5 Å². The van der Waals surface area contributed by atoms with Crippen molar-refractivity contribution in [3.8, 4) is 0 Å². The Kier molecular flexibility index (Phi) is 14.0. The maximum absolute atomic E-state index is 12.4. The molecule has 0 saturated heterocycles. The van der Waals surface area contributed by atoms with Gasteiger partial charge in [0.05, 0.1) is 40.2 Å². The third kappa shape index (κ3) is 16.6. The Hall–Kier alpha value is -2.69. The Balaban J connectivity index is 4.69. The van der Waals surface area contributed by atoms with E-state index in [1.807, 2.05) is 0 Å². The molecule has 3 amide bonds. The number of unbranched alkanes of at least 4 members (excludes halogenated alkanes) is 2. The molecule has 0 saturated carbocycles. The van der Waals surface area contributed by atoms with E-state index in [0.717, 1.165) is 30.3 Å². The van der Waals surface area contributed by atoms with E-state index in [0.29, 0.717) is 6.42 Å². The average Bonchev–Trinajstić information content (AvgIpc) is 2.67. The predicted molar refractivity (Wildman–Crippen MR) is 122 cm³/mol. The van der Waals surface area contributed by atoms with E-state index < -0.39 is 41.9 Å². The minimum absolute atomic E-state index is 0.144. The van der Waals surface area contributed by atoms with Gasteiger partial charge >= 0.3 is 11.9 Å². The molecule has 11 nitrogen and oxygen atoms in total. The number of hydrogen-bond donors (Lipinski definition) is 4. The maximum Gasteiger partial charge on any atom is 0.330 e. The number of rotatable bonds is 16. The second-order valence-electron chi connectivity index (χ2n) is 9.36. The molecule has 0 heterocycles. The molecule has 0 aliphatic carbocycles. The van der Waals surface area contributed by atoms with Gasteiger partial charge in [0.15, 0.2) is 0 Å². The molecule has 0 aliphatic rings. The van der Waals surface area contributed by atoms with Crippen LogP contribution in [0.4, 0.5) is 0 Å². The Bertz CT molecular complexity index is 674. The lowest BCUT2D eigenvalue weighted by atomic mass is 10.1. The molecule has 11 heteroatoms. The molecule has 0 unspecified atom stereocenters. The number of amides is 3. The van der Waals surface area contributed by atoms with E-state index in [-0.39, 0.29) is 25.3 Å². The highest BCUT2D eigenvalue weighted by Crippen LogP contribution is 2.04. The van der Waals surface area contributed by atoms with Gasteiger partial charge < -0.3 is 30.3 Å². The van der Waals surface area contributed by atoms with E-state index >= 15 is 0 Å². The summed E-state index contributed by atoms with van der Waals surface area (Å²) in [4.78, 5) is 59.2. The van der Waals surface area contributed by atoms with Crippen LogP contribution < -0.4 is 16.0 Å². The Morgan fingerprint density at radius 3 is 2.03 bits per heavy atom. The highest BCUT2D eigenvalue weighted by molar-refractivity contribution is 5.91. The van der Waals surface area contributed by atoms with Gasteiger partial charge in [-0.3, -0.25) is 19.2 Å². The molecular formula is C22H41N4O7+. The van der Waals surface area contributed by atoms with Crippen LogP contribution in [0, 0.1) is 0 Å². The lowest BCUT2D eigenvalue weighted by Gasteiger charge is -2.23. The Morgan fingerprint density at radius 1 is 0.848 bits per heavy atom. The predicted octanol–water partition coefficient (Wildman–Crippen LogP) is 0.175. The number of nitrogens with zero attached hydrogens (tertiary/aromatic N) is 1. The monoisotopic (exact) mass is 473 g/mol. The van der Waals surface area contributed by atoms with Crippen LogP contribution in [0.25, 0.3) is 0 Å². The molecule has 0 radical (unpaired) electrons. The third-order valence-electron chi connectivity index (χ3n) is 4.53. The second kappa shape index (κ2) is 15.2. The fourth-order valence-corrected chi connectivity index (χ4v) is 2.76. The highest BCUT2D eigenvalue weighted by Gasteiger charge is 2.26. The maximum atomic E-state index is 12.4. The van der Waals surface area contributed by atoms with Crippen molar-refractivity contribution in [3.63, 3.8) is 0 Å². The number of hydrogen-bond acceptors (Lipinski definition) is 6. The van der Waals surface area contributed by atoms with Gasteiger partial charge in [-0.15, -0.1) is 0 Å². The lowest BCUT2D eigenvalue weighted by Crippen LogP contribution is -2.54.